The van der Waals surface area contributed by atoms with E-state index >= 15 is 0 Å². The molecule has 1 fully saturated rings. The molecule has 0 radical (unpaired) electrons. The van der Waals surface area contributed by atoms with Crippen LogP contribution in [0.3, 0.4) is 0 Å². The minimum Gasteiger partial charge on any atom is -0.392 e. The second-order valence-electron chi connectivity index (χ2n) is 5.48. The molecule has 0 amide bonds. The summed E-state index contributed by atoms with van der Waals surface area (Å²) in [4.78, 5) is 12.0. The molecule has 1 unspecified atom stereocenters. The van der Waals surface area contributed by atoms with Gasteiger partial charge in [0.05, 0.1) is 23.9 Å². The van der Waals surface area contributed by atoms with Crippen molar-refractivity contribution in [1.82, 2.24) is 9.97 Å². The normalized spacial score (nSPS) is 17.0. The first kappa shape index (κ1) is 17.5. The van der Waals surface area contributed by atoms with Crippen LogP contribution in [0.2, 0.25) is 0 Å². The number of pyridine rings is 1. The largest absolute Gasteiger partial charge is 0.392 e. The number of nitrogen functional groups attached to an aromatic ring is 2. The number of thioether (sulfide) groups is 1. The highest BCUT2D eigenvalue weighted by atomic mass is 32.2. The Hall–Kier alpha value is -2.33. The zero-order valence-electron chi connectivity index (χ0n) is 13.4. The van der Waals surface area contributed by atoms with Crippen molar-refractivity contribution in [3.05, 3.63) is 33.6 Å². The van der Waals surface area contributed by atoms with Crippen LogP contribution in [-0.2, 0) is 10.5 Å². The van der Waals surface area contributed by atoms with Crippen LogP contribution in [0, 0.1) is 17.9 Å². The molecule has 0 aromatic carbocycles. The SMILES string of the molecule is [C-]#[N+]c1c(N)nc(SCc2csc(N)n2)c(C#N)c1C1CCCCO1. The monoisotopic (exact) mass is 372 g/mol. The second kappa shape index (κ2) is 7.70. The Morgan fingerprint density at radius 2 is 2.28 bits per heavy atom. The summed E-state index contributed by atoms with van der Waals surface area (Å²) >= 11 is 2.73. The summed E-state index contributed by atoms with van der Waals surface area (Å²) in [6, 6.07) is 2.20. The number of aromatic nitrogens is 2. The maximum Gasteiger partial charge on any atom is 0.235 e. The fourth-order valence-corrected chi connectivity index (χ4v) is 4.30. The lowest BCUT2D eigenvalue weighted by atomic mass is 9.97. The first-order valence-electron chi connectivity index (χ1n) is 7.69. The average Bonchev–Trinajstić information content (AvgIpc) is 3.05. The van der Waals surface area contributed by atoms with Crippen LogP contribution in [0.5, 0.6) is 0 Å². The van der Waals surface area contributed by atoms with Crippen LogP contribution in [0.15, 0.2) is 10.4 Å². The molecule has 0 saturated carbocycles. The van der Waals surface area contributed by atoms with Gasteiger partial charge in [0.15, 0.2) is 5.13 Å². The van der Waals surface area contributed by atoms with Crippen molar-refractivity contribution < 1.29 is 4.74 Å². The summed E-state index contributed by atoms with van der Waals surface area (Å²) in [6.45, 7) is 8.06. The maximum atomic E-state index is 9.71. The molecule has 1 aliphatic rings. The van der Waals surface area contributed by atoms with Gasteiger partial charge in [0.2, 0.25) is 5.69 Å². The third-order valence-corrected chi connectivity index (χ3v) is 5.59. The van der Waals surface area contributed by atoms with Gasteiger partial charge in [-0.3, -0.25) is 0 Å². The van der Waals surface area contributed by atoms with Gasteiger partial charge in [-0.1, -0.05) is 11.8 Å². The predicted molar refractivity (Wildman–Crippen MR) is 98.3 cm³/mol. The van der Waals surface area contributed by atoms with Crippen LogP contribution >= 0.6 is 23.1 Å². The highest BCUT2D eigenvalue weighted by molar-refractivity contribution is 7.98. The van der Waals surface area contributed by atoms with Crippen molar-refractivity contribution >= 4 is 39.7 Å². The van der Waals surface area contributed by atoms with E-state index in [0.717, 1.165) is 25.0 Å². The summed E-state index contributed by atoms with van der Waals surface area (Å²) in [5.41, 5.74) is 13.6. The molecule has 1 aliphatic heterocycles. The fraction of sp³-hybridized carbons (Fsp3) is 0.375. The molecule has 1 atom stereocenters. The van der Waals surface area contributed by atoms with E-state index < -0.39 is 0 Å². The summed E-state index contributed by atoms with van der Waals surface area (Å²) in [5.74, 6) is 0.662. The van der Waals surface area contributed by atoms with Crippen LogP contribution in [-0.4, -0.2) is 16.6 Å². The van der Waals surface area contributed by atoms with Gasteiger partial charge in [-0.05, 0) is 19.3 Å². The summed E-state index contributed by atoms with van der Waals surface area (Å²) < 4.78 is 5.81. The van der Waals surface area contributed by atoms with Crippen molar-refractivity contribution in [3.8, 4) is 6.07 Å². The number of nitrogens with zero attached hydrogens (tertiary/aromatic N) is 4. The van der Waals surface area contributed by atoms with E-state index in [9.17, 15) is 5.26 Å². The first-order valence-corrected chi connectivity index (χ1v) is 9.55. The number of rotatable bonds is 4. The third kappa shape index (κ3) is 3.69. The molecule has 9 heteroatoms. The van der Waals surface area contributed by atoms with Gasteiger partial charge in [0.25, 0.3) is 0 Å². The molecular weight excluding hydrogens is 356 g/mol. The molecule has 25 heavy (non-hydrogen) atoms. The number of hydrogen-bond acceptors (Lipinski definition) is 8. The molecule has 4 N–H and O–H groups in total. The maximum absolute atomic E-state index is 9.71. The lowest BCUT2D eigenvalue weighted by Crippen LogP contribution is -2.14. The number of nitriles is 1. The molecule has 3 rings (SSSR count). The number of ether oxygens (including phenoxy) is 1. The number of hydrogen-bond donors (Lipinski definition) is 2. The van der Waals surface area contributed by atoms with Gasteiger partial charge >= 0.3 is 0 Å². The molecule has 3 heterocycles. The predicted octanol–water partition coefficient (Wildman–Crippen LogP) is 3.66. The Morgan fingerprint density at radius 1 is 1.44 bits per heavy atom. The lowest BCUT2D eigenvalue weighted by Gasteiger charge is -2.25. The smallest absolute Gasteiger partial charge is 0.235 e. The van der Waals surface area contributed by atoms with Crippen molar-refractivity contribution in [2.24, 2.45) is 0 Å². The molecule has 7 nitrogen and oxygen atoms in total. The molecule has 0 bridgehead atoms. The fourth-order valence-electron chi connectivity index (χ4n) is 2.73. The van der Waals surface area contributed by atoms with E-state index in [0.29, 0.717) is 33.6 Å². The second-order valence-corrected chi connectivity index (χ2v) is 7.34. The zero-order valence-corrected chi connectivity index (χ0v) is 15.0. The van der Waals surface area contributed by atoms with E-state index in [-0.39, 0.29) is 17.6 Å². The van der Waals surface area contributed by atoms with Crippen molar-refractivity contribution in [3.63, 3.8) is 0 Å². The van der Waals surface area contributed by atoms with E-state index in [1.165, 1.54) is 23.1 Å². The Bertz CT molecular complexity index is 861. The number of anilines is 2. The van der Waals surface area contributed by atoms with Crippen LogP contribution in [0.1, 0.15) is 42.2 Å². The first-order chi connectivity index (χ1) is 12.1. The highest BCUT2D eigenvalue weighted by Crippen LogP contribution is 2.42. The van der Waals surface area contributed by atoms with Crippen LogP contribution in [0.25, 0.3) is 4.85 Å². The van der Waals surface area contributed by atoms with Crippen LogP contribution in [0.4, 0.5) is 16.6 Å². The lowest BCUT2D eigenvalue weighted by molar-refractivity contribution is 0.0151. The molecular formula is C16H16N6OS2. The van der Waals surface area contributed by atoms with E-state index in [1.54, 1.807) is 0 Å². The van der Waals surface area contributed by atoms with Crippen molar-refractivity contribution in [2.75, 3.05) is 18.1 Å². The Balaban J connectivity index is 1.99. The van der Waals surface area contributed by atoms with Gasteiger partial charge in [-0.15, -0.1) is 11.3 Å². The Labute approximate surface area is 153 Å². The summed E-state index contributed by atoms with van der Waals surface area (Å²) in [7, 11) is 0. The van der Waals surface area contributed by atoms with E-state index in [4.69, 9.17) is 22.8 Å². The van der Waals surface area contributed by atoms with Gasteiger partial charge < -0.3 is 16.2 Å². The molecule has 0 spiro atoms. The van der Waals surface area contributed by atoms with Crippen LogP contribution < -0.4 is 11.5 Å². The molecule has 1 saturated heterocycles. The molecule has 2 aromatic heterocycles. The molecule has 2 aromatic rings. The quantitative estimate of drug-likeness (QED) is 0.621. The summed E-state index contributed by atoms with van der Waals surface area (Å²) in [5, 5.41) is 12.6. The Morgan fingerprint density at radius 3 is 2.88 bits per heavy atom. The minimum atomic E-state index is -0.285. The summed E-state index contributed by atoms with van der Waals surface area (Å²) in [6.07, 6.45) is 2.47. The zero-order chi connectivity index (χ0) is 17.8. The average molecular weight is 372 g/mol. The van der Waals surface area contributed by atoms with Gasteiger partial charge in [0, 0.05) is 23.3 Å². The van der Waals surface area contributed by atoms with Crippen molar-refractivity contribution in [2.45, 2.75) is 36.1 Å². The highest BCUT2D eigenvalue weighted by Gasteiger charge is 2.27. The third-order valence-electron chi connectivity index (χ3n) is 3.85. The topological polar surface area (TPSA) is 115 Å². The van der Waals surface area contributed by atoms with Gasteiger partial charge in [-0.2, -0.15) is 5.26 Å². The Kier molecular flexibility index (Phi) is 5.39. The number of thiazole rings is 1. The minimum absolute atomic E-state index is 0.137. The van der Waals surface area contributed by atoms with Crippen molar-refractivity contribution in [1.29, 1.82) is 5.26 Å². The molecule has 0 aliphatic carbocycles. The van der Waals surface area contributed by atoms with E-state index in [1.807, 2.05) is 5.38 Å². The number of nitrogens with two attached hydrogens (primary N) is 2. The van der Waals surface area contributed by atoms with Gasteiger partial charge in [0.1, 0.15) is 16.9 Å². The van der Waals surface area contributed by atoms with E-state index in [2.05, 4.69) is 20.9 Å². The standard InChI is InChI=1S/C16H16N6OS2/c1-20-13-12(11-4-2-3-5-23-11)10(6-17)15(22-14(13)18)24-7-9-8-25-16(19)21-9/h8,11H,2-5,7H2,(H2,18,22)(H2,19,21). The van der Waals surface area contributed by atoms with Gasteiger partial charge in [-0.25, -0.2) is 14.8 Å². The molecule has 128 valence electrons.